The summed E-state index contributed by atoms with van der Waals surface area (Å²) in [4.78, 5) is 38.5. The Morgan fingerprint density at radius 1 is 1.07 bits per heavy atom. The van der Waals surface area contributed by atoms with Crippen molar-refractivity contribution >= 4 is 23.0 Å². The summed E-state index contributed by atoms with van der Waals surface area (Å²) in [5.74, 6) is -0.0672. The predicted molar refractivity (Wildman–Crippen MR) is 158 cm³/mol. The van der Waals surface area contributed by atoms with Crippen LogP contribution in [0.3, 0.4) is 0 Å². The Morgan fingerprint density at radius 2 is 1.88 bits per heavy atom. The highest BCUT2D eigenvalue weighted by Crippen LogP contribution is 2.40. The number of H-pyrrole nitrogens is 1. The third-order valence-electron chi connectivity index (χ3n) is 8.31. The van der Waals surface area contributed by atoms with Gasteiger partial charge in [0.05, 0.1) is 6.04 Å². The molecule has 1 atom stereocenters. The lowest BCUT2D eigenvalue weighted by atomic mass is 9.86. The van der Waals surface area contributed by atoms with Gasteiger partial charge in [0.15, 0.2) is 5.69 Å². The monoisotopic (exact) mass is 554 g/mol. The molecule has 0 radical (unpaired) electrons. The van der Waals surface area contributed by atoms with Gasteiger partial charge in [0, 0.05) is 55.7 Å². The number of nitrogens with one attached hydrogen (secondary N) is 1. The Bertz CT molecular complexity index is 1640. The molecule has 1 unspecified atom stereocenters. The van der Waals surface area contributed by atoms with E-state index in [2.05, 4.69) is 40.2 Å². The second-order valence-electron chi connectivity index (χ2n) is 12.4. The number of nitrogens with zero attached hydrogens (tertiary/aromatic N) is 5. The number of fused-ring (bicyclic) bond motifs is 2. The molecule has 9 heteroatoms. The summed E-state index contributed by atoms with van der Waals surface area (Å²) in [6.45, 7) is 11.4. The van der Waals surface area contributed by atoms with Crippen LogP contribution in [0.2, 0.25) is 0 Å². The highest BCUT2D eigenvalue weighted by Gasteiger charge is 2.36. The van der Waals surface area contributed by atoms with E-state index in [9.17, 15) is 9.59 Å². The van der Waals surface area contributed by atoms with Gasteiger partial charge in [-0.15, -0.1) is 0 Å². The van der Waals surface area contributed by atoms with E-state index in [1.807, 2.05) is 63.0 Å². The molecule has 0 aliphatic carbocycles. The van der Waals surface area contributed by atoms with Crippen molar-refractivity contribution in [2.45, 2.75) is 72.1 Å². The first-order valence-corrected chi connectivity index (χ1v) is 14.4. The topological polar surface area (TPSA) is 96.4 Å². The van der Waals surface area contributed by atoms with E-state index >= 15 is 0 Å². The molecule has 5 heterocycles. The van der Waals surface area contributed by atoms with Gasteiger partial charge < -0.3 is 19.5 Å². The Labute approximate surface area is 240 Å². The van der Waals surface area contributed by atoms with Crippen LogP contribution in [0.5, 0.6) is 0 Å². The molecule has 0 bridgehead atoms. The smallest absolute Gasteiger partial charge is 0.410 e. The summed E-state index contributed by atoms with van der Waals surface area (Å²) in [6.07, 6.45) is 6.06. The van der Waals surface area contributed by atoms with E-state index in [-0.39, 0.29) is 18.0 Å². The minimum atomic E-state index is -0.578. The number of hydrogen-bond donors (Lipinski definition) is 1. The largest absolute Gasteiger partial charge is 0.444 e. The standard InChI is InChI=1S/C32H38N6O3/c1-19-16-33-29-24(19)15-23(17-34-29)22-13-21-9-11-37(30(39)27-12-20(2)36(6)35-27)18-26(21)25(14-22)28-8-7-10-38(28)31(40)41-32(3,4)5/h12-17,28H,7-11,18H2,1-6H3,(H,33,34). The highest BCUT2D eigenvalue weighted by atomic mass is 16.6. The van der Waals surface area contributed by atoms with Crippen LogP contribution in [0, 0.1) is 13.8 Å². The first kappa shape index (κ1) is 27.1. The predicted octanol–water partition coefficient (Wildman–Crippen LogP) is 5.85. The number of ether oxygens (including phenoxy) is 1. The van der Waals surface area contributed by atoms with E-state index in [0.29, 0.717) is 25.3 Å². The molecule has 2 aliphatic rings. The van der Waals surface area contributed by atoms with Gasteiger partial charge in [0.1, 0.15) is 11.2 Å². The summed E-state index contributed by atoms with van der Waals surface area (Å²) in [5, 5.41) is 5.54. The number of aromatic amines is 1. The molecule has 4 aromatic rings. The van der Waals surface area contributed by atoms with Crippen LogP contribution in [0.1, 0.15) is 78.1 Å². The van der Waals surface area contributed by atoms with Gasteiger partial charge in [-0.05, 0) is 99.9 Å². The van der Waals surface area contributed by atoms with Gasteiger partial charge in [0.2, 0.25) is 0 Å². The zero-order chi connectivity index (χ0) is 29.1. The molecule has 9 nitrogen and oxygen atoms in total. The number of aryl methyl sites for hydroxylation is 3. The minimum Gasteiger partial charge on any atom is -0.444 e. The molecular formula is C32H38N6O3. The molecule has 1 saturated heterocycles. The minimum absolute atomic E-state index is 0.0672. The number of rotatable bonds is 3. The van der Waals surface area contributed by atoms with Crippen LogP contribution in [0.25, 0.3) is 22.2 Å². The fourth-order valence-corrected chi connectivity index (χ4v) is 6.08. The summed E-state index contributed by atoms with van der Waals surface area (Å²) in [6, 6.07) is 8.34. The number of likely N-dealkylation sites (tertiary alicyclic amines) is 1. The van der Waals surface area contributed by atoms with E-state index in [0.717, 1.165) is 63.8 Å². The van der Waals surface area contributed by atoms with Crippen molar-refractivity contribution in [1.29, 1.82) is 0 Å². The Morgan fingerprint density at radius 3 is 2.61 bits per heavy atom. The van der Waals surface area contributed by atoms with E-state index in [1.165, 1.54) is 5.56 Å². The van der Waals surface area contributed by atoms with Crippen LogP contribution >= 0.6 is 0 Å². The Kier molecular flexibility index (Phi) is 6.63. The summed E-state index contributed by atoms with van der Waals surface area (Å²) < 4.78 is 7.55. The van der Waals surface area contributed by atoms with Gasteiger partial charge >= 0.3 is 6.09 Å². The Balaban J connectivity index is 1.42. The van der Waals surface area contributed by atoms with E-state index in [4.69, 9.17) is 4.74 Å². The lowest BCUT2D eigenvalue weighted by Crippen LogP contribution is -2.39. The molecule has 0 saturated carbocycles. The molecule has 2 amide bonds. The van der Waals surface area contributed by atoms with Crippen LogP contribution in [-0.4, -0.2) is 60.2 Å². The molecule has 1 N–H and O–H groups in total. The lowest BCUT2D eigenvalue weighted by Gasteiger charge is -2.34. The number of benzene rings is 1. The average Bonchev–Trinajstić information content (AvgIpc) is 3.65. The lowest BCUT2D eigenvalue weighted by molar-refractivity contribution is 0.0222. The van der Waals surface area contributed by atoms with Crippen molar-refractivity contribution in [1.82, 2.24) is 29.5 Å². The van der Waals surface area contributed by atoms with E-state index < -0.39 is 5.60 Å². The number of pyridine rings is 1. The van der Waals surface area contributed by atoms with Crippen molar-refractivity contribution < 1.29 is 14.3 Å². The third-order valence-corrected chi connectivity index (χ3v) is 8.31. The second kappa shape index (κ2) is 10.0. The first-order valence-electron chi connectivity index (χ1n) is 14.4. The highest BCUT2D eigenvalue weighted by molar-refractivity contribution is 5.92. The van der Waals surface area contributed by atoms with Gasteiger partial charge in [-0.1, -0.05) is 6.07 Å². The summed E-state index contributed by atoms with van der Waals surface area (Å²) >= 11 is 0. The molecule has 2 aliphatic heterocycles. The molecule has 1 aromatic carbocycles. The quantitative estimate of drug-likeness (QED) is 0.343. The summed E-state index contributed by atoms with van der Waals surface area (Å²) in [5.41, 5.74) is 8.37. The maximum Gasteiger partial charge on any atom is 0.410 e. The molecule has 1 fully saturated rings. The number of carbonyl (C=O) groups excluding carboxylic acids is 2. The van der Waals surface area contributed by atoms with Crippen molar-refractivity contribution in [3.63, 3.8) is 0 Å². The van der Waals surface area contributed by atoms with Gasteiger partial charge in [-0.3, -0.25) is 9.48 Å². The molecule has 6 rings (SSSR count). The normalized spacial score (nSPS) is 17.3. The van der Waals surface area contributed by atoms with Gasteiger partial charge in [0.25, 0.3) is 5.91 Å². The van der Waals surface area contributed by atoms with Crippen LogP contribution in [-0.2, 0) is 24.8 Å². The third kappa shape index (κ3) is 5.09. The summed E-state index contributed by atoms with van der Waals surface area (Å²) in [7, 11) is 1.85. The molecule has 0 spiro atoms. The van der Waals surface area contributed by atoms with Crippen LogP contribution in [0.4, 0.5) is 4.79 Å². The number of carbonyl (C=O) groups is 2. The number of amides is 2. The molecular weight excluding hydrogens is 516 g/mol. The maximum atomic E-state index is 13.5. The van der Waals surface area contributed by atoms with E-state index in [1.54, 1.807) is 4.68 Å². The fourth-order valence-electron chi connectivity index (χ4n) is 6.08. The molecule has 41 heavy (non-hydrogen) atoms. The zero-order valence-electron chi connectivity index (χ0n) is 24.7. The first-order chi connectivity index (χ1) is 19.5. The van der Waals surface area contributed by atoms with Gasteiger partial charge in [-0.25, -0.2) is 9.78 Å². The fraction of sp³-hybridized carbons (Fsp3) is 0.438. The second-order valence-corrected chi connectivity index (χ2v) is 12.4. The van der Waals surface area contributed by atoms with Crippen molar-refractivity contribution in [3.8, 4) is 11.1 Å². The average molecular weight is 555 g/mol. The van der Waals surface area contributed by atoms with Crippen molar-refractivity contribution in [3.05, 3.63) is 70.3 Å². The van der Waals surface area contributed by atoms with Crippen LogP contribution < -0.4 is 0 Å². The maximum absolute atomic E-state index is 13.5. The van der Waals surface area contributed by atoms with Crippen LogP contribution in [0.15, 0.2) is 36.7 Å². The number of hydrogen-bond acceptors (Lipinski definition) is 5. The zero-order valence-corrected chi connectivity index (χ0v) is 24.7. The number of aromatic nitrogens is 4. The van der Waals surface area contributed by atoms with Crippen molar-refractivity contribution in [2.75, 3.05) is 13.1 Å². The SMILES string of the molecule is Cc1c[nH]c2ncc(-c3cc4c(c(C5CCCN5C(=O)OC(C)(C)C)c3)CN(C(=O)c3cc(C)n(C)n3)CC4)cc12. The Hall–Kier alpha value is -4.14. The van der Waals surface area contributed by atoms with Crippen molar-refractivity contribution in [2.24, 2.45) is 7.05 Å². The molecule has 214 valence electrons. The van der Waals surface area contributed by atoms with Gasteiger partial charge in [-0.2, -0.15) is 5.10 Å². The molecule has 3 aromatic heterocycles.